The fourth-order valence-corrected chi connectivity index (χ4v) is 2.61. The average Bonchev–Trinajstić information content (AvgIpc) is 2.48. The van der Waals surface area contributed by atoms with Crippen molar-refractivity contribution in [3.63, 3.8) is 0 Å². The number of nitriles is 1. The Balaban J connectivity index is 2.09. The lowest BCUT2D eigenvalue weighted by Crippen LogP contribution is -2.48. The molecule has 1 aliphatic rings. The zero-order valence-corrected chi connectivity index (χ0v) is 11.5. The van der Waals surface area contributed by atoms with E-state index in [4.69, 9.17) is 9.47 Å². The molecule has 0 aromatic heterocycles. The van der Waals surface area contributed by atoms with E-state index in [1.165, 1.54) is 0 Å². The molecule has 0 amide bonds. The average molecular weight is 260 g/mol. The highest BCUT2D eigenvalue weighted by molar-refractivity contribution is 5.39. The molecule has 1 N–H and O–H groups in total. The van der Waals surface area contributed by atoms with E-state index in [1.54, 1.807) is 7.11 Å². The minimum Gasteiger partial charge on any atom is -0.493 e. The zero-order chi connectivity index (χ0) is 13.7. The summed E-state index contributed by atoms with van der Waals surface area (Å²) in [6.07, 6.45) is 3.61. The molecule has 4 heteroatoms. The Kier molecular flexibility index (Phi) is 4.28. The van der Waals surface area contributed by atoms with Gasteiger partial charge in [-0.1, -0.05) is 12.1 Å². The monoisotopic (exact) mass is 260 g/mol. The Bertz CT molecular complexity index is 469. The summed E-state index contributed by atoms with van der Waals surface area (Å²) in [7, 11) is 3.48. The SMILES string of the molecule is CNC1(C#N)CCCC(Oc2ccccc2OC)C1. The van der Waals surface area contributed by atoms with Crippen LogP contribution in [0.2, 0.25) is 0 Å². The highest BCUT2D eigenvalue weighted by Crippen LogP contribution is 2.33. The van der Waals surface area contributed by atoms with E-state index in [2.05, 4.69) is 11.4 Å². The number of methoxy groups -OCH3 is 1. The maximum Gasteiger partial charge on any atom is 0.161 e. The van der Waals surface area contributed by atoms with Crippen molar-refractivity contribution >= 4 is 0 Å². The van der Waals surface area contributed by atoms with Gasteiger partial charge in [-0.05, 0) is 38.4 Å². The topological polar surface area (TPSA) is 54.3 Å². The van der Waals surface area contributed by atoms with E-state index >= 15 is 0 Å². The van der Waals surface area contributed by atoms with Crippen molar-refractivity contribution in [2.45, 2.75) is 37.3 Å². The maximum atomic E-state index is 9.33. The molecule has 4 nitrogen and oxygen atoms in total. The minimum absolute atomic E-state index is 0.0529. The van der Waals surface area contributed by atoms with E-state index in [0.29, 0.717) is 6.42 Å². The second kappa shape index (κ2) is 5.94. The number of hydrogen-bond acceptors (Lipinski definition) is 4. The van der Waals surface area contributed by atoms with Gasteiger partial charge in [-0.15, -0.1) is 0 Å². The van der Waals surface area contributed by atoms with E-state index in [0.717, 1.165) is 30.8 Å². The summed E-state index contributed by atoms with van der Waals surface area (Å²) in [5.74, 6) is 1.49. The van der Waals surface area contributed by atoms with Gasteiger partial charge in [0.05, 0.1) is 13.2 Å². The van der Waals surface area contributed by atoms with Crippen LogP contribution in [0.1, 0.15) is 25.7 Å². The van der Waals surface area contributed by atoms with E-state index < -0.39 is 5.54 Å². The molecule has 102 valence electrons. The number of nitrogens with one attached hydrogen (secondary N) is 1. The van der Waals surface area contributed by atoms with Crippen LogP contribution in [0, 0.1) is 11.3 Å². The molecule has 2 rings (SSSR count). The quantitative estimate of drug-likeness (QED) is 0.903. The van der Waals surface area contributed by atoms with Crippen LogP contribution >= 0.6 is 0 Å². The second-order valence-electron chi connectivity index (χ2n) is 4.93. The van der Waals surface area contributed by atoms with Crippen molar-refractivity contribution < 1.29 is 9.47 Å². The van der Waals surface area contributed by atoms with Gasteiger partial charge >= 0.3 is 0 Å². The van der Waals surface area contributed by atoms with Crippen LogP contribution in [0.25, 0.3) is 0 Å². The summed E-state index contributed by atoms with van der Waals surface area (Å²) in [5.41, 5.74) is -0.453. The number of ether oxygens (including phenoxy) is 2. The largest absolute Gasteiger partial charge is 0.493 e. The van der Waals surface area contributed by atoms with Crippen molar-refractivity contribution in [3.05, 3.63) is 24.3 Å². The fourth-order valence-electron chi connectivity index (χ4n) is 2.61. The van der Waals surface area contributed by atoms with Gasteiger partial charge < -0.3 is 14.8 Å². The predicted molar refractivity (Wildman–Crippen MR) is 73.3 cm³/mol. The molecule has 0 bridgehead atoms. The van der Waals surface area contributed by atoms with Crippen LogP contribution < -0.4 is 14.8 Å². The van der Waals surface area contributed by atoms with Crippen LogP contribution in [-0.2, 0) is 0 Å². The maximum absolute atomic E-state index is 9.33. The summed E-state index contributed by atoms with van der Waals surface area (Å²) in [4.78, 5) is 0. The van der Waals surface area contributed by atoms with Crippen LogP contribution in [0.15, 0.2) is 24.3 Å². The van der Waals surface area contributed by atoms with Crippen LogP contribution in [0.4, 0.5) is 0 Å². The van der Waals surface area contributed by atoms with Crippen molar-refractivity contribution in [1.82, 2.24) is 5.32 Å². The first kappa shape index (κ1) is 13.7. The number of benzene rings is 1. The van der Waals surface area contributed by atoms with Gasteiger partial charge in [0.15, 0.2) is 11.5 Å². The summed E-state index contributed by atoms with van der Waals surface area (Å²) >= 11 is 0. The first-order chi connectivity index (χ1) is 9.23. The molecule has 2 atom stereocenters. The number of rotatable bonds is 4. The lowest BCUT2D eigenvalue weighted by atomic mass is 9.81. The van der Waals surface area contributed by atoms with Crippen LogP contribution in [0.3, 0.4) is 0 Å². The minimum atomic E-state index is -0.453. The van der Waals surface area contributed by atoms with Gasteiger partial charge in [0.1, 0.15) is 11.6 Å². The van der Waals surface area contributed by atoms with Gasteiger partial charge in [-0.3, -0.25) is 0 Å². The Labute approximate surface area is 114 Å². The van der Waals surface area contributed by atoms with Gasteiger partial charge in [0, 0.05) is 6.42 Å². The number of hydrogen-bond donors (Lipinski definition) is 1. The highest BCUT2D eigenvalue weighted by Gasteiger charge is 2.36. The summed E-state index contributed by atoms with van der Waals surface area (Å²) in [5, 5.41) is 12.5. The van der Waals surface area contributed by atoms with E-state index in [-0.39, 0.29) is 6.10 Å². The van der Waals surface area contributed by atoms with Crippen LogP contribution in [-0.4, -0.2) is 25.8 Å². The molecule has 2 unspecified atom stereocenters. The summed E-state index contributed by atoms with van der Waals surface area (Å²) < 4.78 is 11.3. The molecule has 0 radical (unpaired) electrons. The first-order valence-electron chi connectivity index (χ1n) is 6.63. The number of nitrogens with zero attached hydrogens (tertiary/aromatic N) is 1. The van der Waals surface area contributed by atoms with Crippen LogP contribution in [0.5, 0.6) is 11.5 Å². The van der Waals surface area contributed by atoms with Gasteiger partial charge in [-0.2, -0.15) is 5.26 Å². The molecule has 0 spiro atoms. The lowest BCUT2D eigenvalue weighted by Gasteiger charge is -2.35. The van der Waals surface area contributed by atoms with Crippen molar-refractivity contribution in [2.24, 2.45) is 0 Å². The predicted octanol–water partition coefficient (Wildman–Crippen LogP) is 2.50. The Hall–Kier alpha value is -1.73. The third-order valence-corrected chi connectivity index (χ3v) is 3.76. The molecule has 0 saturated heterocycles. The first-order valence-corrected chi connectivity index (χ1v) is 6.63. The molecule has 1 aliphatic carbocycles. The smallest absolute Gasteiger partial charge is 0.161 e. The number of para-hydroxylation sites is 2. The van der Waals surface area contributed by atoms with E-state index in [9.17, 15) is 5.26 Å². The third-order valence-electron chi connectivity index (χ3n) is 3.76. The summed E-state index contributed by atoms with van der Waals surface area (Å²) in [6, 6.07) is 10.0. The zero-order valence-electron chi connectivity index (χ0n) is 11.5. The molecule has 1 aromatic rings. The Morgan fingerprint density at radius 2 is 2.11 bits per heavy atom. The molecule has 1 saturated carbocycles. The molecular weight excluding hydrogens is 240 g/mol. The van der Waals surface area contributed by atoms with Gasteiger partial charge in [0.25, 0.3) is 0 Å². The molecular formula is C15H20N2O2. The Morgan fingerprint density at radius 3 is 2.74 bits per heavy atom. The summed E-state index contributed by atoms with van der Waals surface area (Å²) in [6.45, 7) is 0. The molecule has 1 aromatic carbocycles. The molecule has 19 heavy (non-hydrogen) atoms. The normalized spacial score (nSPS) is 26.5. The Morgan fingerprint density at radius 1 is 1.37 bits per heavy atom. The van der Waals surface area contributed by atoms with Gasteiger partial charge in [-0.25, -0.2) is 0 Å². The van der Waals surface area contributed by atoms with Crippen molar-refractivity contribution in [3.8, 4) is 17.6 Å². The highest BCUT2D eigenvalue weighted by atomic mass is 16.5. The lowest BCUT2D eigenvalue weighted by molar-refractivity contribution is 0.112. The standard InChI is InChI=1S/C15H20N2O2/c1-17-15(11-16)9-5-6-12(10-15)19-14-8-4-3-7-13(14)18-2/h3-4,7-8,12,17H,5-6,9-10H2,1-2H3. The second-order valence-corrected chi connectivity index (χ2v) is 4.93. The van der Waals surface area contributed by atoms with Crippen molar-refractivity contribution in [2.75, 3.05) is 14.2 Å². The molecule has 1 fully saturated rings. The molecule has 0 aliphatic heterocycles. The van der Waals surface area contributed by atoms with Crippen molar-refractivity contribution in [1.29, 1.82) is 5.26 Å². The third kappa shape index (κ3) is 2.99. The van der Waals surface area contributed by atoms with Gasteiger partial charge in [0.2, 0.25) is 0 Å². The van der Waals surface area contributed by atoms with E-state index in [1.807, 2.05) is 31.3 Å². The molecule has 0 heterocycles. The fraction of sp³-hybridized carbons (Fsp3) is 0.533.